The van der Waals surface area contributed by atoms with E-state index in [0.29, 0.717) is 5.56 Å². The molecule has 2 nitrogen and oxygen atoms in total. The molecule has 0 amide bonds. The molecule has 1 aromatic rings. The van der Waals surface area contributed by atoms with Gasteiger partial charge in [0.2, 0.25) is 5.95 Å². The van der Waals surface area contributed by atoms with Crippen molar-refractivity contribution in [1.82, 2.24) is 4.98 Å². The van der Waals surface area contributed by atoms with Gasteiger partial charge in [0.25, 0.3) is 0 Å². The number of nitrogens with two attached hydrogens (primary N) is 1. The summed E-state index contributed by atoms with van der Waals surface area (Å²) in [6, 6.07) is 1.51. The molecule has 0 aliphatic heterocycles. The summed E-state index contributed by atoms with van der Waals surface area (Å²) in [7, 11) is -1.39. The van der Waals surface area contributed by atoms with Crippen molar-refractivity contribution in [3.63, 3.8) is 0 Å². The van der Waals surface area contributed by atoms with Gasteiger partial charge in [0.05, 0.1) is 5.69 Å². The Morgan fingerprint density at radius 3 is 2.57 bits per heavy atom. The summed E-state index contributed by atoms with van der Waals surface area (Å²) in [5.74, 6) is 2.32. The number of aromatic nitrogens is 1. The molecular formula is C10H13FN2Si. The Morgan fingerprint density at radius 1 is 1.43 bits per heavy atom. The van der Waals surface area contributed by atoms with E-state index in [-0.39, 0.29) is 5.69 Å². The zero-order valence-electron chi connectivity index (χ0n) is 8.56. The van der Waals surface area contributed by atoms with Crippen molar-refractivity contribution in [2.75, 3.05) is 5.73 Å². The van der Waals surface area contributed by atoms with Gasteiger partial charge in [0.1, 0.15) is 8.07 Å². The van der Waals surface area contributed by atoms with E-state index >= 15 is 0 Å². The van der Waals surface area contributed by atoms with Crippen LogP contribution in [0.3, 0.4) is 0 Å². The average Bonchev–Trinajstić information content (AvgIpc) is 2.06. The van der Waals surface area contributed by atoms with E-state index in [0.717, 1.165) is 0 Å². The van der Waals surface area contributed by atoms with E-state index in [4.69, 9.17) is 5.73 Å². The molecule has 1 aromatic heterocycles. The minimum atomic E-state index is -1.39. The third-order valence-electron chi connectivity index (χ3n) is 1.45. The second kappa shape index (κ2) is 3.80. The van der Waals surface area contributed by atoms with Crippen molar-refractivity contribution in [2.45, 2.75) is 19.6 Å². The Kier molecular flexibility index (Phi) is 2.92. The zero-order chi connectivity index (χ0) is 10.8. The van der Waals surface area contributed by atoms with E-state index in [9.17, 15) is 4.39 Å². The molecule has 1 heterocycles. The number of rotatable bonds is 0. The summed E-state index contributed by atoms with van der Waals surface area (Å²) < 4.78 is 12.7. The highest BCUT2D eigenvalue weighted by atomic mass is 28.3. The predicted molar refractivity (Wildman–Crippen MR) is 58.8 cm³/mol. The topological polar surface area (TPSA) is 38.9 Å². The summed E-state index contributed by atoms with van der Waals surface area (Å²) in [5, 5.41) is 0. The van der Waals surface area contributed by atoms with Crippen LogP contribution in [0.5, 0.6) is 0 Å². The minimum Gasteiger partial charge on any atom is -0.395 e. The molecule has 4 heteroatoms. The van der Waals surface area contributed by atoms with Gasteiger partial charge in [-0.3, -0.25) is 0 Å². The van der Waals surface area contributed by atoms with Crippen LogP contribution in [0.4, 0.5) is 10.1 Å². The fraction of sp³-hybridized carbons (Fsp3) is 0.300. The molecule has 14 heavy (non-hydrogen) atoms. The fourth-order valence-corrected chi connectivity index (χ4v) is 1.31. The van der Waals surface area contributed by atoms with Crippen molar-refractivity contribution in [1.29, 1.82) is 0 Å². The van der Waals surface area contributed by atoms with Crippen molar-refractivity contribution in [2.24, 2.45) is 0 Å². The largest absolute Gasteiger partial charge is 0.395 e. The molecule has 0 aliphatic rings. The van der Waals surface area contributed by atoms with Gasteiger partial charge in [-0.2, -0.15) is 4.39 Å². The summed E-state index contributed by atoms with van der Waals surface area (Å²) in [6.45, 7) is 6.42. The van der Waals surface area contributed by atoms with Crippen LogP contribution in [0, 0.1) is 17.4 Å². The highest BCUT2D eigenvalue weighted by Gasteiger charge is 2.07. The first-order valence-corrected chi connectivity index (χ1v) is 7.83. The second-order valence-electron chi connectivity index (χ2n) is 4.10. The average molecular weight is 208 g/mol. The summed E-state index contributed by atoms with van der Waals surface area (Å²) >= 11 is 0. The van der Waals surface area contributed by atoms with Crippen molar-refractivity contribution < 1.29 is 4.39 Å². The van der Waals surface area contributed by atoms with Gasteiger partial charge in [0, 0.05) is 11.8 Å². The lowest BCUT2D eigenvalue weighted by atomic mass is 10.3. The molecule has 0 fully saturated rings. The van der Waals surface area contributed by atoms with Crippen molar-refractivity contribution in [3.05, 3.63) is 23.8 Å². The quantitative estimate of drug-likeness (QED) is 0.402. The molecule has 74 valence electrons. The van der Waals surface area contributed by atoms with Crippen LogP contribution in [0.1, 0.15) is 5.56 Å². The van der Waals surface area contributed by atoms with E-state index in [1.165, 1.54) is 12.3 Å². The maximum atomic E-state index is 12.7. The van der Waals surface area contributed by atoms with Crippen LogP contribution in [0.25, 0.3) is 0 Å². The van der Waals surface area contributed by atoms with Gasteiger partial charge >= 0.3 is 0 Å². The zero-order valence-corrected chi connectivity index (χ0v) is 9.56. The Labute approximate surface area is 84.4 Å². The molecule has 0 spiro atoms. The lowest BCUT2D eigenvalue weighted by Gasteiger charge is -2.03. The third-order valence-corrected chi connectivity index (χ3v) is 2.32. The lowest BCUT2D eigenvalue weighted by molar-refractivity contribution is 0.588. The molecule has 0 aromatic carbocycles. The molecule has 0 saturated heterocycles. The molecule has 0 aliphatic carbocycles. The molecule has 1 rings (SSSR count). The van der Waals surface area contributed by atoms with Crippen molar-refractivity contribution >= 4 is 13.8 Å². The molecular weight excluding hydrogens is 195 g/mol. The normalized spacial score (nSPS) is 10.6. The van der Waals surface area contributed by atoms with Gasteiger partial charge in [-0.1, -0.05) is 25.6 Å². The maximum Gasteiger partial charge on any atom is 0.236 e. The Morgan fingerprint density at radius 2 is 2.07 bits per heavy atom. The smallest absolute Gasteiger partial charge is 0.236 e. The van der Waals surface area contributed by atoms with Gasteiger partial charge < -0.3 is 5.73 Å². The first-order chi connectivity index (χ1) is 6.38. The SMILES string of the molecule is C[Si](C)(C)C#Cc1cnc(F)c(N)c1. The van der Waals surface area contributed by atoms with E-state index in [1.807, 2.05) is 0 Å². The van der Waals surface area contributed by atoms with Gasteiger partial charge in [-0.15, -0.1) is 5.54 Å². The molecule has 0 unspecified atom stereocenters. The maximum absolute atomic E-state index is 12.7. The monoisotopic (exact) mass is 208 g/mol. The highest BCUT2D eigenvalue weighted by molar-refractivity contribution is 6.83. The Balaban J connectivity index is 2.98. The predicted octanol–water partition coefficient (Wildman–Crippen LogP) is 2.03. The van der Waals surface area contributed by atoms with Crippen LogP contribution in [-0.2, 0) is 0 Å². The summed E-state index contributed by atoms with van der Waals surface area (Å²) in [5.41, 5.74) is 9.24. The number of nitrogens with zero attached hydrogens (tertiary/aromatic N) is 1. The van der Waals surface area contributed by atoms with Crippen LogP contribution < -0.4 is 5.73 Å². The first-order valence-electron chi connectivity index (χ1n) is 4.33. The first kappa shape index (κ1) is 10.7. The summed E-state index contributed by atoms with van der Waals surface area (Å²) in [6.07, 6.45) is 1.40. The number of anilines is 1. The molecule has 2 N–H and O–H groups in total. The van der Waals surface area contributed by atoms with Gasteiger partial charge in [-0.05, 0) is 6.07 Å². The number of pyridine rings is 1. The van der Waals surface area contributed by atoms with Crippen molar-refractivity contribution in [3.8, 4) is 11.5 Å². The number of halogens is 1. The van der Waals surface area contributed by atoms with Crippen LogP contribution in [0.15, 0.2) is 12.3 Å². The lowest BCUT2D eigenvalue weighted by Crippen LogP contribution is -2.16. The molecule has 0 radical (unpaired) electrons. The second-order valence-corrected chi connectivity index (χ2v) is 8.85. The summed E-state index contributed by atoms with van der Waals surface area (Å²) in [4.78, 5) is 3.50. The highest BCUT2D eigenvalue weighted by Crippen LogP contribution is 2.08. The van der Waals surface area contributed by atoms with Gasteiger partial charge in [-0.25, -0.2) is 4.98 Å². The van der Waals surface area contributed by atoms with Gasteiger partial charge in [0.15, 0.2) is 0 Å². The van der Waals surface area contributed by atoms with E-state index in [1.54, 1.807) is 0 Å². The van der Waals surface area contributed by atoms with Crippen LogP contribution in [-0.4, -0.2) is 13.1 Å². The minimum absolute atomic E-state index is 0.0485. The van der Waals surface area contributed by atoms with E-state index < -0.39 is 14.0 Å². The molecule has 0 saturated carbocycles. The van der Waals surface area contributed by atoms with E-state index in [2.05, 4.69) is 36.1 Å². The fourth-order valence-electron chi connectivity index (χ4n) is 0.793. The number of hydrogen-bond donors (Lipinski definition) is 1. The Hall–Kier alpha value is -1.34. The van der Waals surface area contributed by atoms with Crippen LogP contribution >= 0.6 is 0 Å². The van der Waals surface area contributed by atoms with Crippen LogP contribution in [0.2, 0.25) is 19.6 Å². The number of nitrogen functional groups attached to an aromatic ring is 1. The molecule has 0 atom stereocenters. The number of hydrogen-bond acceptors (Lipinski definition) is 2. The Bertz CT molecular complexity index is 399. The third kappa shape index (κ3) is 3.19. The standard InChI is InChI=1S/C10H13FN2Si/c1-14(2,3)5-4-8-6-9(12)10(11)13-7-8/h6-7H,12H2,1-3H3. The molecule has 0 bridgehead atoms.